The molecule has 0 aliphatic heterocycles. The van der Waals surface area contributed by atoms with Gasteiger partial charge in [0.2, 0.25) is 0 Å². The van der Waals surface area contributed by atoms with Gasteiger partial charge in [-0.05, 0) is 13.8 Å². The molecule has 0 fully saturated rings. The standard InChI is InChI=1S/C10H10N4O/c1-3-4-5-13-8(2)7-14-9(10(13)15)6-11-12-14/h6-7H,5H2,1-2H3. The van der Waals surface area contributed by atoms with Crippen molar-refractivity contribution < 1.29 is 0 Å². The number of aryl methyl sites for hydroxylation is 1. The van der Waals surface area contributed by atoms with E-state index in [-0.39, 0.29) is 5.56 Å². The molecule has 0 aliphatic carbocycles. The SMILES string of the molecule is CC#CCn1c(C)cn2nncc2c1=O. The van der Waals surface area contributed by atoms with Crippen LogP contribution in [-0.4, -0.2) is 19.4 Å². The van der Waals surface area contributed by atoms with Crippen LogP contribution in [0.15, 0.2) is 17.2 Å². The Morgan fingerprint density at radius 3 is 3.07 bits per heavy atom. The highest BCUT2D eigenvalue weighted by atomic mass is 16.1. The minimum absolute atomic E-state index is 0.109. The van der Waals surface area contributed by atoms with Gasteiger partial charge in [0.1, 0.15) is 0 Å². The zero-order chi connectivity index (χ0) is 10.8. The molecule has 2 aromatic heterocycles. The van der Waals surface area contributed by atoms with E-state index in [0.717, 1.165) is 5.69 Å². The van der Waals surface area contributed by atoms with E-state index in [9.17, 15) is 4.79 Å². The molecule has 0 atom stereocenters. The molecule has 0 bridgehead atoms. The maximum atomic E-state index is 11.9. The van der Waals surface area contributed by atoms with Gasteiger partial charge in [0.25, 0.3) is 5.56 Å². The van der Waals surface area contributed by atoms with Gasteiger partial charge in [-0.1, -0.05) is 11.1 Å². The summed E-state index contributed by atoms with van der Waals surface area (Å²) in [6, 6.07) is 0. The Balaban J connectivity index is 2.70. The second-order valence-corrected chi connectivity index (χ2v) is 3.15. The molecule has 0 saturated carbocycles. The van der Waals surface area contributed by atoms with Gasteiger partial charge in [-0.15, -0.1) is 11.0 Å². The summed E-state index contributed by atoms with van der Waals surface area (Å²) in [7, 11) is 0. The summed E-state index contributed by atoms with van der Waals surface area (Å²) in [5.74, 6) is 5.63. The smallest absolute Gasteiger partial charge is 0.279 e. The van der Waals surface area contributed by atoms with E-state index in [4.69, 9.17) is 0 Å². The minimum Gasteiger partial charge on any atom is -0.298 e. The zero-order valence-electron chi connectivity index (χ0n) is 8.56. The van der Waals surface area contributed by atoms with Crippen molar-refractivity contribution in [2.24, 2.45) is 0 Å². The average Bonchev–Trinajstić information content (AvgIpc) is 2.65. The molecule has 0 spiro atoms. The molecule has 0 N–H and O–H groups in total. The maximum absolute atomic E-state index is 11.9. The van der Waals surface area contributed by atoms with Gasteiger partial charge in [0, 0.05) is 5.69 Å². The number of rotatable bonds is 1. The average molecular weight is 202 g/mol. The van der Waals surface area contributed by atoms with Crippen LogP contribution in [0.4, 0.5) is 0 Å². The molecular formula is C10H10N4O. The Morgan fingerprint density at radius 1 is 1.53 bits per heavy atom. The van der Waals surface area contributed by atoms with Gasteiger partial charge in [0.05, 0.1) is 18.9 Å². The summed E-state index contributed by atoms with van der Waals surface area (Å²) in [4.78, 5) is 11.9. The molecule has 5 nitrogen and oxygen atoms in total. The molecule has 2 heterocycles. The fourth-order valence-electron chi connectivity index (χ4n) is 1.39. The van der Waals surface area contributed by atoms with Crippen molar-refractivity contribution in [1.29, 1.82) is 0 Å². The zero-order valence-corrected chi connectivity index (χ0v) is 8.56. The Morgan fingerprint density at radius 2 is 2.33 bits per heavy atom. The van der Waals surface area contributed by atoms with Crippen LogP contribution < -0.4 is 5.56 Å². The molecule has 0 amide bonds. The molecule has 0 aliphatic rings. The van der Waals surface area contributed by atoms with Crippen molar-refractivity contribution in [1.82, 2.24) is 19.4 Å². The third kappa shape index (κ3) is 1.50. The van der Waals surface area contributed by atoms with Crippen molar-refractivity contribution in [3.8, 4) is 11.8 Å². The lowest BCUT2D eigenvalue weighted by Gasteiger charge is -2.05. The van der Waals surface area contributed by atoms with Crippen molar-refractivity contribution in [2.45, 2.75) is 20.4 Å². The summed E-state index contributed by atoms with van der Waals surface area (Å²) in [6.07, 6.45) is 3.22. The van der Waals surface area contributed by atoms with Crippen molar-refractivity contribution in [3.05, 3.63) is 28.4 Å². The minimum atomic E-state index is -0.109. The van der Waals surface area contributed by atoms with Gasteiger partial charge in [0.15, 0.2) is 5.52 Å². The predicted molar refractivity (Wildman–Crippen MR) is 55.4 cm³/mol. The Hall–Kier alpha value is -2.09. The van der Waals surface area contributed by atoms with E-state index in [0.29, 0.717) is 12.1 Å². The van der Waals surface area contributed by atoms with Gasteiger partial charge in [-0.2, -0.15) is 0 Å². The van der Waals surface area contributed by atoms with Crippen LogP contribution in [0.2, 0.25) is 0 Å². The highest BCUT2D eigenvalue weighted by Crippen LogP contribution is 1.97. The van der Waals surface area contributed by atoms with Crippen LogP contribution in [0.1, 0.15) is 12.6 Å². The summed E-state index contributed by atoms with van der Waals surface area (Å²) in [5, 5.41) is 7.47. The third-order valence-electron chi connectivity index (χ3n) is 2.19. The molecule has 0 unspecified atom stereocenters. The summed E-state index contributed by atoms with van der Waals surface area (Å²) in [6.45, 7) is 4.00. The molecule has 76 valence electrons. The van der Waals surface area contributed by atoms with Crippen molar-refractivity contribution in [3.63, 3.8) is 0 Å². The molecule has 2 aromatic rings. The Labute approximate surface area is 86.3 Å². The van der Waals surface area contributed by atoms with E-state index in [1.54, 1.807) is 17.7 Å². The van der Waals surface area contributed by atoms with Crippen molar-refractivity contribution in [2.75, 3.05) is 0 Å². The second kappa shape index (κ2) is 3.58. The van der Waals surface area contributed by atoms with Gasteiger partial charge in [-0.3, -0.25) is 9.36 Å². The summed E-state index contributed by atoms with van der Waals surface area (Å²) >= 11 is 0. The molecule has 5 heteroatoms. The Bertz CT molecular complexity index is 612. The topological polar surface area (TPSA) is 52.2 Å². The number of aromatic nitrogens is 4. The largest absolute Gasteiger partial charge is 0.298 e. The normalized spacial score (nSPS) is 10.0. The van der Waals surface area contributed by atoms with Gasteiger partial charge >= 0.3 is 0 Å². The van der Waals surface area contributed by atoms with E-state index < -0.39 is 0 Å². The molecule has 0 aromatic carbocycles. The molecule has 0 radical (unpaired) electrons. The van der Waals surface area contributed by atoms with E-state index in [2.05, 4.69) is 22.2 Å². The first-order valence-corrected chi connectivity index (χ1v) is 4.54. The van der Waals surface area contributed by atoms with Gasteiger partial charge in [-0.25, -0.2) is 4.52 Å². The molecule has 0 saturated heterocycles. The molecule has 15 heavy (non-hydrogen) atoms. The van der Waals surface area contributed by atoms with E-state index >= 15 is 0 Å². The fourth-order valence-corrected chi connectivity index (χ4v) is 1.39. The monoisotopic (exact) mass is 202 g/mol. The molecule has 2 rings (SSSR count). The summed E-state index contributed by atoms with van der Waals surface area (Å²) < 4.78 is 3.09. The van der Waals surface area contributed by atoms with Crippen LogP contribution in [0.3, 0.4) is 0 Å². The lowest BCUT2D eigenvalue weighted by atomic mass is 10.4. The highest BCUT2D eigenvalue weighted by Gasteiger charge is 2.06. The van der Waals surface area contributed by atoms with Crippen molar-refractivity contribution >= 4 is 5.52 Å². The lowest BCUT2D eigenvalue weighted by molar-refractivity contribution is 0.730. The highest BCUT2D eigenvalue weighted by molar-refractivity contribution is 5.40. The van der Waals surface area contributed by atoms with Crippen LogP contribution >= 0.6 is 0 Å². The first-order chi connectivity index (χ1) is 7.24. The maximum Gasteiger partial charge on any atom is 0.279 e. The molecular weight excluding hydrogens is 192 g/mol. The first-order valence-electron chi connectivity index (χ1n) is 4.54. The van der Waals surface area contributed by atoms with Crippen LogP contribution in [0, 0.1) is 18.8 Å². The summed E-state index contributed by atoms with van der Waals surface area (Å²) in [5.41, 5.74) is 1.18. The second-order valence-electron chi connectivity index (χ2n) is 3.15. The number of hydrogen-bond acceptors (Lipinski definition) is 3. The lowest BCUT2D eigenvalue weighted by Crippen LogP contribution is -2.23. The number of fused-ring (bicyclic) bond motifs is 1. The van der Waals surface area contributed by atoms with Crippen LogP contribution in [0.25, 0.3) is 5.52 Å². The van der Waals surface area contributed by atoms with E-state index in [1.165, 1.54) is 10.7 Å². The fraction of sp³-hybridized carbons (Fsp3) is 0.300. The third-order valence-corrected chi connectivity index (χ3v) is 2.19. The number of nitrogens with zero attached hydrogens (tertiary/aromatic N) is 4. The van der Waals surface area contributed by atoms with Crippen LogP contribution in [0.5, 0.6) is 0 Å². The van der Waals surface area contributed by atoms with Gasteiger partial charge < -0.3 is 0 Å². The quantitative estimate of drug-likeness (QED) is 0.622. The first kappa shape index (κ1) is 9.46. The predicted octanol–water partition coefficient (Wildman–Crippen LogP) is 0.223. The van der Waals surface area contributed by atoms with Crippen LogP contribution in [-0.2, 0) is 6.54 Å². The van der Waals surface area contributed by atoms with E-state index in [1.807, 2.05) is 6.92 Å². The number of hydrogen-bond donors (Lipinski definition) is 0. The Kier molecular flexibility index (Phi) is 2.26.